The van der Waals surface area contributed by atoms with Crippen LogP contribution >= 0.6 is 0 Å². The van der Waals surface area contributed by atoms with Crippen LogP contribution in [0.25, 0.3) is 0 Å². The molecule has 1 atom stereocenters. The Kier molecular flexibility index (Phi) is 4.96. The van der Waals surface area contributed by atoms with Crippen molar-refractivity contribution < 1.29 is 13.2 Å². The first-order valence-electron chi connectivity index (χ1n) is 6.10. The van der Waals surface area contributed by atoms with Crippen LogP contribution < -0.4 is 16.2 Å². The topological polar surface area (TPSA) is 119 Å². The summed E-state index contributed by atoms with van der Waals surface area (Å²) in [5.41, 5.74) is 6.47. The number of nitrogens with zero attached hydrogens (tertiary/aromatic N) is 1. The van der Waals surface area contributed by atoms with E-state index in [4.69, 9.17) is 10.9 Å². The van der Waals surface area contributed by atoms with Gasteiger partial charge < -0.3 is 16.0 Å². The minimum atomic E-state index is -3.81. The summed E-state index contributed by atoms with van der Waals surface area (Å²) in [5.74, 6) is -0.118. The minimum Gasteiger partial charge on any atom is -0.397 e. The number of amides is 1. The predicted molar refractivity (Wildman–Crippen MR) is 78.6 cm³/mol. The molecule has 0 radical (unpaired) electrons. The van der Waals surface area contributed by atoms with Crippen molar-refractivity contribution >= 4 is 27.3 Å². The van der Waals surface area contributed by atoms with Crippen LogP contribution in [0.2, 0.25) is 0 Å². The van der Waals surface area contributed by atoms with Crippen LogP contribution in [-0.2, 0) is 14.8 Å². The fourth-order valence-corrected chi connectivity index (χ4v) is 2.16. The van der Waals surface area contributed by atoms with Gasteiger partial charge in [0.15, 0.2) is 0 Å². The molecule has 1 rings (SSSR count). The second-order valence-corrected chi connectivity index (χ2v) is 6.07. The maximum absolute atomic E-state index is 12.0. The fraction of sp³-hybridized carbons (Fsp3) is 0.417. The highest BCUT2D eigenvalue weighted by molar-refractivity contribution is 7.89. The van der Waals surface area contributed by atoms with Crippen molar-refractivity contribution in [2.45, 2.75) is 24.8 Å². The molecule has 1 aromatic rings. The number of hydrogen-bond donors (Lipinski definition) is 3. The molecule has 7 nitrogen and oxygen atoms in total. The maximum Gasteiger partial charge on any atom is 0.244 e. The summed E-state index contributed by atoms with van der Waals surface area (Å²) in [6.07, 6.45) is 0. The summed E-state index contributed by atoms with van der Waals surface area (Å²) in [6.45, 7) is 4.12. The number of nitrogens with one attached hydrogen (secondary N) is 1. The van der Waals surface area contributed by atoms with E-state index in [9.17, 15) is 13.2 Å². The van der Waals surface area contributed by atoms with Crippen LogP contribution in [0.15, 0.2) is 23.1 Å². The number of benzene rings is 1. The van der Waals surface area contributed by atoms with Gasteiger partial charge in [-0.3, -0.25) is 4.79 Å². The Morgan fingerprint density at radius 3 is 2.55 bits per heavy atom. The number of carbonyl (C=O) groups is 1. The van der Waals surface area contributed by atoms with Crippen molar-refractivity contribution in [3.8, 4) is 0 Å². The van der Waals surface area contributed by atoms with Crippen molar-refractivity contribution in [2.75, 3.05) is 24.6 Å². The molecule has 8 heteroatoms. The number of rotatable bonds is 5. The SMILES string of the molecule is CCN(C)C(=O)C(C)Nc1cc(S(N)(=O)=O)ccc1N. The monoisotopic (exact) mass is 300 g/mol. The van der Waals surface area contributed by atoms with E-state index < -0.39 is 16.1 Å². The van der Waals surface area contributed by atoms with Crippen molar-refractivity contribution in [1.82, 2.24) is 4.90 Å². The van der Waals surface area contributed by atoms with Crippen molar-refractivity contribution in [2.24, 2.45) is 5.14 Å². The van der Waals surface area contributed by atoms with Gasteiger partial charge in [-0.05, 0) is 32.0 Å². The van der Waals surface area contributed by atoms with E-state index in [0.29, 0.717) is 17.9 Å². The van der Waals surface area contributed by atoms with Crippen LogP contribution in [0.1, 0.15) is 13.8 Å². The van der Waals surface area contributed by atoms with Gasteiger partial charge in [0.1, 0.15) is 6.04 Å². The van der Waals surface area contributed by atoms with Crippen LogP contribution in [0.5, 0.6) is 0 Å². The third-order valence-electron chi connectivity index (χ3n) is 2.95. The van der Waals surface area contributed by atoms with E-state index in [-0.39, 0.29) is 10.8 Å². The molecule has 0 heterocycles. The van der Waals surface area contributed by atoms with E-state index in [1.807, 2.05) is 6.92 Å². The number of carbonyl (C=O) groups excluding carboxylic acids is 1. The summed E-state index contributed by atoms with van der Waals surface area (Å²) in [5, 5.41) is 7.97. The highest BCUT2D eigenvalue weighted by Gasteiger charge is 2.18. The number of sulfonamides is 1. The largest absolute Gasteiger partial charge is 0.397 e. The molecule has 5 N–H and O–H groups in total. The van der Waals surface area contributed by atoms with Gasteiger partial charge in [-0.1, -0.05) is 0 Å². The maximum atomic E-state index is 12.0. The average Bonchev–Trinajstić information content (AvgIpc) is 2.38. The lowest BCUT2D eigenvalue weighted by Gasteiger charge is -2.22. The van der Waals surface area contributed by atoms with Gasteiger partial charge in [0.05, 0.1) is 16.3 Å². The summed E-state index contributed by atoms with van der Waals surface area (Å²) in [7, 11) is -2.12. The molecule has 0 fully saturated rings. The normalized spacial score (nSPS) is 12.8. The number of likely N-dealkylation sites (N-methyl/N-ethyl adjacent to an activating group) is 1. The molecule has 0 saturated carbocycles. The zero-order valence-corrected chi connectivity index (χ0v) is 12.6. The van der Waals surface area contributed by atoms with Gasteiger partial charge in [0.2, 0.25) is 15.9 Å². The third-order valence-corrected chi connectivity index (χ3v) is 3.86. The van der Waals surface area contributed by atoms with Gasteiger partial charge in [0, 0.05) is 13.6 Å². The summed E-state index contributed by atoms with van der Waals surface area (Å²) in [6, 6.07) is 3.54. The van der Waals surface area contributed by atoms with E-state index in [1.54, 1.807) is 18.9 Å². The molecule has 0 aliphatic rings. The molecule has 20 heavy (non-hydrogen) atoms. The Morgan fingerprint density at radius 2 is 2.05 bits per heavy atom. The molecule has 1 aromatic carbocycles. The Labute approximate surface area is 119 Å². The molecular weight excluding hydrogens is 280 g/mol. The highest BCUT2D eigenvalue weighted by atomic mass is 32.2. The average molecular weight is 300 g/mol. The van der Waals surface area contributed by atoms with Gasteiger partial charge in [0.25, 0.3) is 0 Å². The van der Waals surface area contributed by atoms with Crippen molar-refractivity contribution in [3.63, 3.8) is 0 Å². The predicted octanol–water partition coefficient (Wildman–Crippen LogP) is 0.195. The van der Waals surface area contributed by atoms with E-state index in [0.717, 1.165) is 0 Å². The van der Waals surface area contributed by atoms with E-state index in [2.05, 4.69) is 5.32 Å². The molecule has 0 aromatic heterocycles. The number of anilines is 2. The Bertz CT molecular complexity index is 601. The molecule has 0 aliphatic heterocycles. The Hall–Kier alpha value is -1.80. The molecule has 1 amide bonds. The van der Waals surface area contributed by atoms with E-state index in [1.165, 1.54) is 18.2 Å². The highest BCUT2D eigenvalue weighted by Crippen LogP contribution is 2.23. The Morgan fingerprint density at radius 1 is 1.45 bits per heavy atom. The standard InChI is InChI=1S/C12H20N4O3S/c1-4-16(3)12(17)8(2)15-11-7-9(20(14,18)19)5-6-10(11)13/h5-8,15H,4,13H2,1-3H3,(H2,14,18,19). The van der Waals surface area contributed by atoms with Gasteiger partial charge in [-0.15, -0.1) is 0 Å². The van der Waals surface area contributed by atoms with Crippen molar-refractivity contribution in [1.29, 1.82) is 0 Å². The summed E-state index contributed by atoms with van der Waals surface area (Å²) < 4.78 is 22.6. The van der Waals surface area contributed by atoms with Crippen LogP contribution in [0.3, 0.4) is 0 Å². The lowest BCUT2D eigenvalue weighted by molar-refractivity contribution is -0.130. The molecule has 112 valence electrons. The number of nitrogen functional groups attached to an aromatic ring is 1. The first kappa shape index (κ1) is 16.3. The van der Waals surface area contributed by atoms with Crippen LogP contribution in [-0.4, -0.2) is 38.9 Å². The number of nitrogens with two attached hydrogens (primary N) is 2. The summed E-state index contributed by atoms with van der Waals surface area (Å²) >= 11 is 0. The zero-order chi connectivity index (χ0) is 15.5. The number of primary sulfonamides is 1. The zero-order valence-electron chi connectivity index (χ0n) is 11.8. The first-order valence-corrected chi connectivity index (χ1v) is 7.65. The second-order valence-electron chi connectivity index (χ2n) is 4.51. The molecule has 0 aliphatic carbocycles. The van der Waals surface area contributed by atoms with Gasteiger partial charge in [-0.25, -0.2) is 13.6 Å². The molecule has 0 saturated heterocycles. The molecule has 0 spiro atoms. The van der Waals surface area contributed by atoms with E-state index >= 15 is 0 Å². The van der Waals surface area contributed by atoms with Crippen LogP contribution in [0, 0.1) is 0 Å². The quantitative estimate of drug-likeness (QED) is 0.671. The van der Waals surface area contributed by atoms with Gasteiger partial charge in [-0.2, -0.15) is 0 Å². The third kappa shape index (κ3) is 3.84. The molecule has 0 bridgehead atoms. The number of hydrogen-bond acceptors (Lipinski definition) is 5. The Balaban J connectivity index is 3.00. The molecular formula is C12H20N4O3S. The second kappa shape index (κ2) is 6.10. The lowest BCUT2D eigenvalue weighted by Crippen LogP contribution is -2.39. The van der Waals surface area contributed by atoms with Crippen molar-refractivity contribution in [3.05, 3.63) is 18.2 Å². The lowest BCUT2D eigenvalue weighted by atomic mass is 10.2. The minimum absolute atomic E-state index is 0.0577. The molecule has 1 unspecified atom stereocenters. The first-order chi connectivity index (χ1) is 9.16. The van der Waals surface area contributed by atoms with Crippen LogP contribution in [0.4, 0.5) is 11.4 Å². The smallest absolute Gasteiger partial charge is 0.244 e. The van der Waals surface area contributed by atoms with Gasteiger partial charge >= 0.3 is 0 Å². The fourth-order valence-electron chi connectivity index (χ4n) is 1.62. The summed E-state index contributed by atoms with van der Waals surface area (Å²) in [4.78, 5) is 13.4.